The van der Waals surface area contributed by atoms with Crippen molar-refractivity contribution in [1.29, 1.82) is 0 Å². The molecule has 4 aromatic rings. The van der Waals surface area contributed by atoms with Gasteiger partial charge in [-0.05, 0) is 73.9 Å². The molecule has 0 spiro atoms. The first-order valence-corrected chi connectivity index (χ1v) is 17.6. The van der Waals surface area contributed by atoms with Crippen LogP contribution < -0.4 is 14.4 Å². The van der Waals surface area contributed by atoms with Crippen LogP contribution in [0.4, 0.5) is 5.69 Å². The second kappa shape index (κ2) is 15.7. The molecule has 0 aliphatic carbocycles. The molecule has 47 heavy (non-hydrogen) atoms. The van der Waals surface area contributed by atoms with Crippen LogP contribution >= 0.6 is 23.2 Å². The third-order valence-corrected chi connectivity index (χ3v) is 9.04. The molecule has 0 fully saturated rings. The second-order valence-corrected chi connectivity index (χ2v) is 15.0. The molecule has 8 nitrogen and oxygen atoms in total. The van der Waals surface area contributed by atoms with E-state index >= 15 is 0 Å². The van der Waals surface area contributed by atoms with Crippen LogP contribution in [0.5, 0.6) is 5.75 Å². The van der Waals surface area contributed by atoms with Gasteiger partial charge >= 0.3 is 0 Å². The molecule has 1 atom stereocenters. The molecular weight excluding hydrogens is 657 g/mol. The molecule has 1 N–H and O–H groups in total. The fraction of sp³-hybridized carbons (Fsp3) is 0.278. The molecule has 0 aliphatic rings. The number of sulfonamides is 1. The van der Waals surface area contributed by atoms with Crippen molar-refractivity contribution in [3.05, 3.63) is 130 Å². The molecule has 0 aromatic heterocycles. The van der Waals surface area contributed by atoms with Gasteiger partial charge in [0, 0.05) is 18.5 Å². The summed E-state index contributed by atoms with van der Waals surface area (Å²) in [5, 5.41) is 3.64. The smallest absolute Gasteiger partial charge is 0.244 e. The summed E-state index contributed by atoms with van der Waals surface area (Å²) in [5.41, 5.74) is 2.14. The Kier molecular flexibility index (Phi) is 12.0. The van der Waals surface area contributed by atoms with Gasteiger partial charge in [0.1, 0.15) is 24.9 Å². The monoisotopic (exact) mass is 695 g/mol. The quantitative estimate of drug-likeness (QED) is 0.164. The average molecular weight is 697 g/mol. The van der Waals surface area contributed by atoms with Gasteiger partial charge in [-0.3, -0.25) is 13.9 Å². The fourth-order valence-electron chi connectivity index (χ4n) is 4.90. The van der Waals surface area contributed by atoms with Crippen molar-refractivity contribution >= 4 is 50.7 Å². The number of hydrogen-bond acceptors (Lipinski definition) is 5. The van der Waals surface area contributed by atoms with E-state index in [1.54, 1.807) is 42.5 Å². The lowest BCUT2D eigenvalue weighted by Gasteiger charge is -2.35. The SMILES string of the molecule is CC(C)(C)NC(=O)[C@H](Cc1ccccc1)N(Cc1ccc(Cl)c(Cl)c1)C(=O)CN(c1ccc(OCc2ccccc2)cc1)S(C)(=O)=O. The van der Waals surface area contributed by atoms with Crippen LogP contribution in [-0.4, -0.2) is 49.5 Å². The number of rotatable bonds is 13. The summed E-state index contributed by atoms with van der Waals surface area (Å²) in [5.74, 6) is -0.406. The van der Waals surface area contributed by atoms with E-state index in [4.69, 9.17) is 27.9 Å². The van der Waals surface area contributed by atoms with Gasteiger partial charge in [0.2, 0.25) is 21.8 Å². The number of nitrogens with one attached hydrogen (secondary N) is 1. The molecule has 248 valence electrons. The van der Waals surface area contributed by atoms with Crippen molar-refractivity contribution in [3.8, 4) is 5.75 Å². The van der Waals surface area contributed by atoms with Crippen LogP contribution in [0.15, 0.2) is 103 Å². The number of hydrogen-bond donors (Lipinski definition) is 1. The van der Waals surface area contributed by atoms with Crippen molar-refractivity contribution in [3.63, 3.8) is 0 Å². The lowest BCUT2D eigenvalue weighted by atomic mass is 10.0. The van der Waals surface area contributed by atoms with E-state index in [0.717, 1.165) is 21.7 Å². The zero-order chi connectivity index (χ0) is 34.2. The Morgan fingerprint density at radius 2 is 1.40 bits per heavy atom. The Morgan fingerprint density at radius 1 is 0.809 bits per heavy atom. The maximum absolute atomic E-state index is 14.3. The maximum atomic E-state index is 14.3. The van der Waals surface area contributed by atoms with Crippen molar-refractivity contribution < 1.29 is 22.7 Å². The van der Waals surface area contributed by atoms with Crippen LogP contribution in [0, 0.1) is 0 Å². The molecule has 11 heteroatoms. The topological polar surface area (TPSA) is 96.0 Å². The number of carbonyl (C=O) groups excluding carboxylic acids is 2. The van der Waals surface area contributed by atoms with Gasteiger partial charge < -0.3 is 15.0 Å². The number of nitrogens with zero attached hydrogens (tertiary/aromatic N) is 2. The van der Waals surface area contributed by atoms with Gasteiger partial charge in [0.05, 0.1) is 22.0 Å². The van der Waals surface area contributed by atoms with E-state index in [2.05, 4.69) is 5.32 Å². The van der Waals surface area contributed by atoms with E-state index in [-0.39, 0.29) is 24.6 Å². The number of carbonyl (C=O) groups is 2. The van der Waals surface area contributed by atoms with Crippen LogP contribution in [-0.2, 0) is 39.2 Å². The summed E-state index contributed by atoms with van der Waals surface area (Å²) in [6, 6.07) is 29.5. The molecular formula is C36H39Cl2N3O5S. The first-order chi connectivity index (χ1) is 22.2. The normalized spacial score (nSPS) is 12.2. The van der Waals surface area contributed by atoms with E-state index in [0.29, 0.717) is 28.0 Å². The Labute approximate surface area is 287 Å². The summed E-state index contributed by atoms with van der Waals surface area (Å²) >= 11 is 12.5. The molecule has 0 saturated heterocycles. The Bertz CT molecular complexity index is 1760. The average Bonchev–Trinajstić information content (AvgIpc) is 3.02. The zero-order valence-corrected chi connectivity index (χ0v) is 29.1. The Balaban J connectivity index is 1.67. The summed E-state index contributed by atoms with van der Waals surface area (Å²) in [4.78, 5) is 29.6. The molecule has 0 aliphatic heterocycles. The van der Waals surface area contributed by atoms with Gasteiger partial charge in [-0.2, -0.15) is 0 Å². The highest BCUT2D eigenvalue weighted by Gasteiger charge is 2.34. The summed E-state index contributed by atoms with van der Waals surface area (Å²) in [6.07, 6.45) is 1.24. The highest BCUT2D eigenvalue weighted by molar-refractivity contribution is 7.92. The van der Waals surface area contributed by atoms with E-state index in [9.17, 15) is 18.0 Å². The molecule has 2 amide bonds. The van der Waals surface area contributed by atoms with Gasteiger partial charge in [0.15, 0.2) is 0 Å². The highest BCUT2D eigenvalue weighted by atomic mass is 35.5. The molecule has 0 unspecified atom stereocenters. The highest BCUT2D eigenvalue weighted by Crippen LogP contribution is 2.26. The minimum atomic E-state index is -3.93. The molecule has 4 aromatic carbocycles. The largest absolute Gasteiger partial charge is 0.489 e. The predicted octanol–water partition coefficient (Wildman–Crippen LogP) is 6.89. The standard InChI is InChI=1S/C36H39Cl2N3O5S/c1-36(2,3)39-35(43)33(22-26-11-7-5-8-12-26)40(23-28-15-20-31(37)32(38)21-28)34(42)24-41(47(4,44)45)29-16-18-30(19-17-29)46-25-27-13-9-6-10-14-27/h5-21,33H,22-25H2,1-4H3,(H,39,43)/t33-/m0/s1. The third-order valence-electron chi connectivity index (χ3n) is 7.16. The molecule has 0 heterocycles. The van der Waals surface area contributed by atoms with Crippen molar-refractivity contribution in [1.82, 2.24) is 10.2 Å². The maximum Gasteiger partial charge on any atom is 0.244 e. The van der Waals surface area contributed by atoms with Gasteiger partial charge in [-0.25, -0.2) is 8.42 Å². The van der Waals surface area contributed by atoms with Crippen molar-refractivity contribution in [2.24, 2.45) is 0 Å². The predicted molar refractivity (Wildman–Crippen MR) is 188 cm³/mol. The van der Waals surface area contributed by atoms with Crippen LogP contribution in [0.25, 0.3) is 0 Å². The minimum absolute atomic E-state index is 0.0192. The first kappa shape index (κ1) is 35.8. The van der Waals surface area contributed by atoms with Crippen LogP contribution in [0.3, 0.4) is 0 Å². The van der Waals surface area contributed by atoms with E-state index < -0.39 is 34.1 Å². The number of anilines is 1. The molecule has 4 rings (SSSR count). The number of halogens is 2. The zero-order valence-electron chi connectivity index (χ0n) is 26.8. The molecule has 0 saturated carbocycles. The summed E-state index contributed by atoms with van der Waals surface area (Å²) in [7, 11) is -3.93. The van der Waals surface area contributed by atoms with Gasteiger partial charge in [0.25, 0.3) is 0 Å². The molecule has 0 radical (unpaired) electrons. The Morgan fingerprint density at radius 3 is 1.96 bits per heavy atom. The summed E-state index contributed by atoms with van der Waals surface area (Å²) in [6.45, 7) is 5.35. The number of amides is 2. The minimum Gasteiger partial charge on any atom is -0.489 e. The fourth-order valence-corrected chi connectivity index (χ4v) is 6.08. The van der Waals surface area contributed by atoms with E-state index in [1.807, 2.05) is 81.4 Å². The molecule has 0 bridgehead atoms. The van der Waals surface area contributed by atoms with E-state index in [1.165, 1.54) is 4.90 Å². The third kappa shape index (κ3) is 10.7. The number of ether oxygens (including phenoxy) is 1. The van der Waals surface area contributed by atoms with Crippen LogP contribution in [0.2, 0.25) is 10.0 Å². The Hall–Kier alpha value is -4.05. The van der Waals surface area contributed by atoms with Crippen LogP contribution in [0.1, 0.15) is 37.5 Å². The van der Waals surface area contributed by atoms with Crippen molar-refractivity contribution in [2.45, 2.75) is 51.9 Å². The first-order valence-electron chi connectivity index (χ1n) is 15.0. The number of benzene rings is 4. The lowest BCUT2D eigenvalue weighted by Crippen LogP contribution is -2.56. The van der Waals surface area contributed by atoms with Crippen molar-refractivity contribution in [2.75, 3.05) is 17.1 Å². The lowest BCUT2D eigenvalue weighted by molar-refractivity contribution is -0.140. The van der Waals surface area contributed by atoms with Gasteiger partial charge in [-0.15, -0.1) is 0 Å². The van der Waals surface area contributed by atoms with Gasteiger partial charge in [-0.1, -0.05) is 89.9 Å². The second-order valence-electron chi connectivity index (χ2n) is 12.3. The summed E-state index contributed by atoms with van der Waals surface area (Å²) < 4.78 is 33.1.